The van der Waals surface area contributed by atoms with Crippen LogP contribution in [-0.4, -0.2) is 37.1 Å². The van der Waals surface area contributed by atoms with Gasteiger partial charge in [0.05, 0.1) is 0 Å². The van der Waals surface area contributed by atoms with Gasteiger partial charge in [0.15, 0.2) is 11.5 Å². The lowest BCUT2D eigenvalue weighted by Crippen LogP contribution is -2.31. The van der Waals surface area contributed by atoms with Crippen molar-refractivity contribution in [3.8, 4) is 11.5 Å². The molecule has 2 aromatic rings. The summed E-state index contributed by atoms with van der Waals surface area (Å²) in [5.74, 6) is 1.22. The zero-order chi connectivity index (χ0) is 17.6. The summed E-state index contributed by atoms with van der Waals surface area (Å²) in [7, 11) is 1.74. The Hall–Kier alpha value is -3.02. The second-order valence-electron chi connectivity index (χ2n) is 5.81. The summed E-state index contributed by atoms with van der Waals surface area (Å²) >= 11 is 0. The highest BCUT2D eigenvalue weighted by atomic mass is 16.7. The summed E-state index contributed by atoms with van der Waals surface area (Å²) in [6, 6.07) is 14.6. The molecule has 3 rings (SSSR count). The molecule has 1 heterocycles. The van der Waals surface area contributed by atoms with Crippen molar-refractivity contribution in [1.82, 2.24) is 10.2 Å². The Morgan fingerprint density at radius 3 is 2.64 bits per heavy atom. The molecule has 1 aliphatic heterocycles. The third-order valence-electron chi connectivity index (χ3n) is 3.94. The molecule has 1 aliphatic rings. The fraction of sp³-hybridized carbons (Fsp3) is 0.263. The van der Waals surface area contributed by atoms with Gasteiger partial charge in [-0.15, -0.1) is 0 Å². The molecule has 0 radical (unpaired) electrons. The fourth-order valence-electron chi connectivity index (χ4n) is 2.57. The van der Waals surface area contributed by atoms with Gasteiger partial charge in [0.1, 0.15) is 0 Å². The molecule has 1 N–H and O–H groups in total. The quantitative estimate of drug-likeness (QED) is 0.875. The van der Waals surface area contributed by atoms with Gasteiger partial charge in [0.2, 0.25) is 12.7 Å². The molecule has 0 spiro atoms. The number of rotatable bonds is 6. The Balaban J connectivity index is 1.45. The number of hydrogen-bond acceptors (Lipinski definition) is 4. The lowest BCUT2D eigenvalue weighted by Gasteiger charge is -2.17. The van der Waals surface area contributed by atoms with Crippen LogP contribution >= 0.6 is 0 Å². The monoisotopic (exact) mass is 340 g/mol. The number of benzene rings is 2. The number of hydrogen-bond donors (Lipinski definition) is 1. The van der Waals surface area contributed by atoms with Crippen molar-refractivity contribution in [3.63, 3.8) is 0 Å². The van der Waals surface area contributed by atoms with E-state index in [0.717, 1.165) is 11.3 Å². The number of carbonyl (C=O) groups excluding carboxylic acids is 2. The average molecular weight is 340 g/mol. The van der Waals surface area contributed by atoms with Crippen molar-refractivity contribution in [2.45, 2.75) is 13.0 Å². The minimum atomic E-state index is -0.174. The second-order valence-corrected chi connectivity index (χ2v) is 5.81. The highest BCUT2D eigenvalue weighted by Crippen LogP contribution is 2.32. The van der Waals surface area contributed by atoms with E-state index in [9.17, 15) is 9.59 Å². The van der Waals surface area contributed by atoms with Crippen LogP contribution in [0, 0.1) is 0 Å². The van der Waals surface area contributed by atoms with E-state index in [4.69, 9.17) is 9.47 Å². The van der Waals surface area contributed by atoms with Gasteiger partial charge in [-0.1, -0.05) is 24.3 Å². The maximum absolute atomic E-state index is 12.2. The lowest BCUT2D eigenvalue weighted by molar-refractivity contribution is -0.130. The molecule has 2 amide bonds. The van der Waals surface area contributed by atoms with Crippen molar-refractivity contribution >= 4 is 11.8 Å². The van der Waals surface area contributed by atoms with Crippen LogP contribution in [0.15, 0.2) is 48.5 Å². The van der Waals surface area contributed by atoms with Crippen molar-refractivity contribution in [2.24, 2.45) is 0 Å². The van der Waals surface area contributed by atoms with Gasteiger partial charge in [-0.25, -0.2) is 0 Å². The Kier molecular flexibility index (Phi) is 5.18. The topological polar surface area (TPSA) is 67.9 Å². The lowest BCUT2D eigenvalue weighted by atomic mass is 10.2. The van der Waals surface area contributed by atoms with E-state index in [2.05, 4.69) is 5.32 Å². The van der Waals surface area contributed by atoms with E-state index in [1.807, 2.05) is 24.3 Å². The van der Waals surface area contributed by atoms with Crippen LogP contribution in [-0.2, 0) is 11.3 Å². The number of nitrogens with zero attached hydrogens (tertiary/aromatic N) is 1. The Morgan fingerprint density at radius 1 is 1.08 bits per heavy atom. The molecule has 6 heteroatoms. The highest BCUT2D eigenvalue weighted by molar-refractivity contribution is 5.94. The first-order valence-corrected chi connectivity index (χ1v) is 8.09. The van der Waals surface area contributed by atoms with Crippen molar-refractivity contribution in [1.29, 1.82) is 0 Å². The van der Waals surface area contributed by atoms with Crippen molar-refractivity contribution < 1.29 is 19.1 Å². The van der Waals surface area contributed by atoms with Crippen molar-refractivity contribution in [2.75, 3.05) is 20.4 Å². The van der Waals surface area contributed by atoms with Crippen LogP contribution in [0.1, 0.15) is 22.3 Å². The largest absolute Gasteiger partial charge is 0.454 e. The SMILES string of the molecule is CN(Cc1ccc2c(c1)OCO2)C(=O)CCNC(=O)c1ccccc1. The summed E-state index contributed by atoms with van der Waals surface area (Å²) in [4.78, 5) is 25.8. The second kappa shape index (κ2) is 7.70. The number of nitrogens with one attached hydrogen (secondary N) is 1. The molecule has 2 aromatic carbocycles. The number of fused-ring (bicyclic) bond motifs is 1. The Labute approximate surface area is 146 Å². The molecule has 0 aromatic heterocycles. The average Bonchev–Trinajstić information content (AvgIpc) is 3.10. The molecule has 0 unspecified atom stereocenters. The highest BCUT2D eigenvalue weighted by Gasteiger charge is 2.15. The van der Waals surface area contributed by atoms with Gasteiger partial charge < -0.3 is 19.7 Å². The molecule has 0 atom stereocenters. The van der Waals surface area contributed by atoms with E-state index < -0.39 is 0 Å². The Morgan fingerprint density at radius 2 is 1.84 bits per heavy atom. The molecule has 0 saturated carbocycles. The predicted molar refractivity (Wildman–Crippen MR) is 92.4 cm³/mol. The van der Waals surface area contributed by atoms with Gasteiger partial charge in [-0.3, -0.25) is 9.59 Å². The van der Waals surface area contributed by atoms with Crippen LogP contribution in [0.25, 0.3) is 0 Å². The van der Waals surface area contributed by atoms with E-state index in [1.54, 1.807) is 36.2 Å². The van der Waals surface area contributed by atoms with Crippen molar-refractivity contribution in [3.05, 3.63) is 59.7 Å². The third-order valence-corrected chi connectivity index (χ3v) is 3.94. The van der Waals surface area contributed by atoms with E-state index in [0.29, 0.717) is 24.4 Å². The number of amides is 2. The van der Waals surface area contributed by atoms with Gasteiger partial charge in [-0.05, 0) is 29.8 Å². The predicted octanol–water partition coefficient (Wildman–Crippen LogP) is 2.19. The van der Waals surface area contributed by atoms with Gasteiger partial charge in [0.25, 0.3) is 5.91 Å². The van der Waals surface area contributed by atoms with E-state index in [1.165, 1.54) is 0 Å². The standard InChI is InChI=1S/C19H20N2O4/c1-21(12-14-7-8-16-17(11-14)25-13-24-16)18(22)9-10-20-19(23)15-5-3-2-4-6-15/h2-8,11H,9-10,12-13H2,1H3,(H,20,23). The van der Waals surface area contributed by atoms with Gasteiger partial charge in [0, 0.05) is 32.1 Å². The number of ether oxygens (including phenoxy) is 2. The van der Waals surface area contributed by atoms with Gasteiger partial charge in [-0.2, -0.15) is 0 Å². The molecule has 0 bridgehead atoms. The molecular weight excluding hydrogens is 320 g/mol. The summed E-state index contributed by atoms with van der Waals surface area (Å²) < 4.78 is 10.6. The Bertz CT molecular complexity index is 761. The normalized spacial score (nSPS) is 11.9. The third kappa shape index (κ3) is 4.29. The smallest absolute Gasteiger partial charge is 0.251 e. The van der Waals surface area contributed by atoms with E-state index in [-0.39, 0.29) is 25.0 Å². The number of carbonyl (C=O) groups is 2. The first-order chi connectivity index (χ1) is 12.1. The molecular formula is C19H20N2O4. The molecule has 0 saturated heterocycles. The molecule has 0 aliphatic carbocycles. The fourth-order valence-corrected chi connectivity index (χ4v) is 2.57. The maximum Gasteiger partial charge on any atom is 0.251 e. The maximum atomic E-state index is 12.2. The first-order valence-electron chi connectivity index (χ1n) is 8.09. The summed E-state index contributed by atoms with van der Waals surface area (Å²) in [6.07, 6.45) is 0.250. The first kappa shape index (κ1) is 16.8. The van der Waals surface area contributed by atoms with E-state index >= 15 is 0 Å². The molecule has 130 valence electrons. The molecule has 0 fully saturated rings. The van der Waals surface area contributed by atoms with Crippen LogP contribution in [0.3, 0.4) is 0 Å². The molecule has 25 heavy (non-hydrogen) atoms. The van der Waals surface area contributed by atoms with Gasteiger partial charge >= 0.3 is 0 Å². The van der Waals surface area contributed by atoms with Crippen LogP contribution < -0.4 is 14.8 Å². The summed E-state index contributed by atoms with van der Waals surface area (Å²) in [5, 5.41) is 2.76. The van der Waals surface area contributed by atoms with Crippen LogP contribution in [0.5, 0.6) is 11.5 Å². The minimum absolute atomic E-state index is 0.0361. The zero-order valence-electron chi connectivity index (χ0n) is 14.0. The zero-order valence-corrected chi connectivity index (χ0v) is 14.0. The summed E-state index contributed by atoms with van der Waals surface area (Å²) in [5.41, 5.74) is 1.55. The minimum Gasteiger partial charge on any atom is -0.454 e. The molecule has 6 nitrogen and oxygen atoms in total. The van der Waals surface area contributed by atoms with Crippen LogP contribution in [0.4, 0.5) is 0 Å². The van der Waals surface area contributed by atoms with Crippen LogP contribution in [0.2, 0.25) is 0 Å². The summed E-state index contributed by atoms with van der Waals surface area (Å²) in [6.45, 7) is 1.01.